The Balaban J connectivity index is 1.68. The van der Waals surface area contributed by atoms with Crippen molar-refractivity contribution < 1.29 is 4.79 Å². The monoisotopic (exact) mass is 332 g/mol. The number of hydrogen-bond donors (Lipinski definition) is 1. The topological polar surface area (TPSA) is 58.1 Å². The number of piperidine rings is 1. The molecular formula is C17H24N4OS. The molecule has 1 fully saturated rings. The van der Waals surface area contributed by atoms with Crippen LogP contribution in [0.2, 0.25) is 0 Å². The van der Waals surface area contributed by atoms with Gasteiger partial charge in [-0.3, -0.25) is 4.79 Å². The minimum atomic E-state index is -0.329. The van der Waals surface area contributed by atoms with Crippen molar-refractivity contribution in [2.45, 2.75) is 46.6 Å². The van der Waals surface area contributed by atoms with Gasteiger partial charge in [0, 0.05) is 24.5 Å². The van der Waals surface area contributed by atoms with Gasteiger partial charge in [-0.25, -0.2) is 9.97 Å². The molecule has 0 unspecified atom stereocenters. The fourth-order valence-corrected chi connectivity index (χ4v) is 3.84. The number of fused-ring (bicyclic) bond motifs is 1. The predicted molar refractivity (Wildman–Crippen MR) is 95.0 cm³/mol. The van der Waals surface area contributed by atoms with E-state index in [1.165, 1.54) is 10.3 Å². The minimum Gasteiger partial charge on any atom is -0.355 e. The zero-order valence-electron chi connectivity index (χ0n) is 14.2. The molecule has 124 valence electrons. The molecule has 5 nitrogen and oxygen atoms in total. The van der Waals surface area contributed by atoms with E-state index < -0.39 is 0 Å². The second-order valence-corrected chi connectivity index (χ2v) is 8.16. The van der Waals surface area contributed by atoms with E-state index >= 15 is 0 Å². The van der Waals surface area contributed by atoms with E-state index in [2.05, 4.69) is 32.5 Å². The van der Waals surface area contributed by atoms with Crippen LogP contribution in [0.15, 0.2) is 11.7 Å². The lowest BCUT2D eigenvalue weighted by molar-refractivity contribution is -0.129. The molecule has 1 amide bonds. The Bertz CT molecular complexity index is 711. The number of aryl methyl sites for hydroxylation is 1. The highest BCUT2D eigenvalue weighted by atomic mass is 32.1. The number of hydrogen-bond acceptors (Lipinski definition) is 5. The van der Waals surface area contributed by atoms with Gasteiger partial charge in [-0.2, -0.15) is 0 Å². The molecule has 0 saturated carbocycles. The summed E-state index contributed by atoms with van der Waals surface area (Å²) < 4.78 is 1.17. The zero-order valence-corrected chi connectivity index (χ0v) is 15.0. The molecule has 1 aliphatic rings. The van der Waals surface area contributed by atoms with Crippen LogP contribution in [-0.2, 0) is 4.79 Å². The number of anilines is 1. The molecule has 2 aromatic heterocycles. The van der Waals surface area contributed by atoms with E-state index in [0.717, 1.165) is 37.3 Å². The molecule has 3 rings (SSSR count). The third kappa shape index (κ3) is 3.32. The molecule has 0 aliphatic carbocycles. The molecule has 1 aliphatic heterocycles. The van der Waals surface area contributed by atoms with Gasteiger partial charge in [-0.05, 0) is 30.7 Å². The van der Waals surface area contributed by atoms with Crippen molar-refractivity contribution in [2.75, 3.05) is 18.0 Å². The Labute approximate surface area is 141 Å². The lowest BCUT2D eigenvalue weighted by Crippen LogP contribution is -2.47. The lowest BCUT2D eigenvalue weighted by atomic mass is 9.94. The summed E-state index contributed by atoms with van der Waals surface area (Å²) in [5, 5.41) is 5.31. The van der Waals surface area contributed by atoms with Gasteiger partial charge in [-0.1, -0.05) is 20.8 Å². The fraction of sp³-hybridized carbons (Fsp3) is 0.588. The Morgan fingerprint density at radius 3 is 2.65 bits per heavy atom. The maximum absolute atomic E-state index is 12.1. The average Bonchev–Trinajstić information content (AvgIpc) is 2.89. The first-order chi connectivity index (χ1) is 10.9. The quantitative estimate of drug-likeness (QED) is 0.918. The van der Waals surface area contributed by atoms with E-state index in [4.69, 9.17) is 0 Å². The summed E-state index contributed by atoms with van der Waals surface area (Å²) >= 11 is 1.71. The summed E-state index contributed by atoms with van der Waals surface area (Å²) in [7, 11) is 0. The maximum atomic E-state index is 12.1. The number of carbonyl (C=O) groups is 1. The lowest BCUT2D eigenvalue weighted by Gasteiger charge is -2.34. The van der Waals surface area contributed by atoms with Gasteiger partial charge in [0.05, 0.1) is 10.2 Å². The number of thiophene rings is 1. The van der Waals surface area contributed by atoms with E-state index in [-0.39, 0.29) is 17.4 Å². The summed E-state index contributed by atoms with van der Waals surface area (Å²) in [6.45, 7) is 9.77. The highest BCUT2D eigenvalue weighted by Crippen LogP contribution is 2.32. The van der Waals surface area contributed by atoms with Gasteiger partial charge in [0.1, 0.15) is 12.1 Å². The van der Waals surface area contributed by atoms with Crippen molar-refractivity contribution in [3.05, 3.63) is 17.3 Å². The van der Waals surface area contributed by atoms with Gasteiger partial charge >= 0.3 is 0 Å². The Kier molecular flexibility index (Phi) is 4.27. The molecular weight excluding hydrogens is 308 g/mol. The molecule has 0 aromatic carbocycles. The van der Waals surface area contributed by atoms with Crippen LogP contribution in [-0.4, -0.2) is 35.0 Å². The number of aromatic nitrogens is 2. The normalized spacial score (nSPS) is 16.8. The largest absolute Gasteiger partial charge is 0.355 e. The summed E-state index contributed by atoms with van der Waals surface area (Å²) in [5.41, 5.74) is 1.94. The first-order valence-corrected chi connectivity index (χ1v) is 8.99. The molecule has 1 saturated heterocycles. The number of nitrogens with one attached hydrogen (secondary N) is 1. The van der Waals surface area contributed by atoms with Crippen LogP contribution in [0, 0.1) is 12.3 Å². The molecule has 6 heteroatoms. The fourth-order valence-electron chi connectivity index (χ4n) is 2.82. The SMILES string of the molecule is Cc1csc2c(N3CCC(NC(=O)C(C)(C)C)CC3)ncnc12. The van der Waals surface area contributed by atoms with Crippen molar-refractivity contribution in [3.8, 4) is 0 Å². The van der Waals surface area contributed by atoms with Gasteiger partial charge in [-0.15, -0.1) is 11.3 Å². The molecule has 2 aromatic rings. The number of amides is 1. The predicted octanol–water partition coefficient (Wildman–Crippen LogP) is 3.13. The molecule has 0 atom stereocenters. The van der Waals surface area contributed by atoms with Gasteiger partial charge in [0.15, 0.2) is 0 Å². The van der Waals surface area contributed by atoms with E-state index in [0.29, 0.717) is 0 Å². The van der Waals surface area contributed by atoms with Gasteiger partial charge in [0.25, 0.3) is 0 Å². The van der Waals surface area contributed by atoms with Crippen LogP contribution in [0.4, 0.5) is 5.82 Å². The number of carbonyl (C=O) groups excluding carboxylic acids is 1. The standard InChI is InChI=1S/C17H24N4OS/c1-11-9-23-14-13(11)18-10-19-15(14)21-7-5-12(6-8-21)20-16(22)17(2,3)4/h9-10,12H,5-8H2,1-4H3,(H,20,22). The Hall–Kier alpha value is -1.69. The van der Waals surface area contributed by atoms with Gasteiger partial charge in [0.2, 0.25) is 5.91 Å². The average molecular weight is 332 g/mol. The number of rotatable bonds is 2. The molecule has 0 spiro atoms. The van der Waals surface area contributed by atoms with Crippen LogP contribution in [0.25, 0.3) is 10.2 Å². The third-order valence-corrected chi connectivity index (χ3v) is 5.41. The van der Waals surface area contributed by atoms with E-state index in [1.54, 1.807) is 17.7 Å². The number of nitrogens with zero attached hydrogens (tertiary/aromatic N) is 3. The summed E-state index contributed by atoms with van der Waals surface area (Å²) in [6.07, 6.45) is 3.57. The Morgan fingerprint density at radius 1 is 1.30 bits per heavy atom. The highest BCUT2D eigenvalue weighted by Gasteiger charge is 2.27. The Morgan fingerprint density at radius 2 is 2.00 bits per heavy atom. The van der Waals surface area contributed by atoms with Crippen LogP contribution in [0.1, 0.15) is 39.2 Å². The maximum Gasteiger partial charge on any atom is 0.225 e. The first-order valence-electron chi connectivity index (χ1n) is 8.11. The van der Waals surface area contributed by atoms with Crippen LogP contribution >= 0.6 is 11.3 Å². The zero-order chi connectivity index (χ0) is 16.6. The molecule has 23 heavy (non-hydrogen) atoms. The summed E-state index contributed by atoms with van der Waals surface area (Å²) in [6, 6.07) is 0.264. The van der Waals surface area contributed by atoms with E-state index in [9.17, 15) is 4.79 Å². The van der Waals surface area contributed by atoms with Crippen LogP contribution in [0.5, 0.6) is 0 Å². The van der Waals surface area contributed by atoms with E-state index in [1.807, 2.05) is 20.8 Å². The van der Waals surface area contributed by atoms with Crippen molar-refractivity contribution in [1.29, 1.82) is 0 Å². The molecule has 1 N–H and O–H groups in total. The van der Waals surface area contributed by atoms with Gasteiger partial charge < -0.3 is 10.2 Å². The van der Waals surface area contributed by atoms with Crippen LogP contribution in [0.3, 0.4) is 0 Å². The van der Waals surface area contributed by atoms with Crippen molar-refractivity contribution >= 4 is 33.3 Å². The van der Waals surface area contributed by atoms with Crippen molar-refractivity contribution in [1.82, 2.24) is 15.3 Å². The van der Waals surface area contributed by atoms with Crippen LogP contribution < -0.4 is 10.2 Å². The second-order valence-electron chi connectivity index (χ2n) is 7.28. The highest BCUT2D eigenvalue weighted by molar-refractivity contribution is 7.18. The smallest absolute Gasteiger partial charge is 0.225 e. The summed E-state index contributed by atoms with van der Waals surface area (Å²) in [5.74, 6) is 1.17. The molecule has 0 bridgehead atoms. The van der Waals surface area contributed by atoms with Crippen molar-refractivity contribution in [2.24, 2.45) is 5.41 Å². The van der Waals surface area contributed by atoms with Crippen molar-refractivity contribution in [3.63, 3.8) is 0 Å². The summed E-state index contributed by atoms with van der Waals surface area (Å²) in [4.78, 5) is 23.3. The molecule has 3 heterocycles. The first kappa shape index (κ1) is 16.2. The minimum absolute atomic E-state index is 0.134. The second kappa shape index (κ2) is 6.07. The molecule has 0 radical (unpaired) electrons. The third-order valence-electron chi connectivity index (χ3n) is 4.32.